The van der Waals surface area contributed by atoms with E-state index in [1.807, 2.05) is 13.8 Å². The van der Waals surface area contributed by atoms with Gasteiger partial charge >= 0.3 is 0 Å². The summed E-state index contributed by atoms with van der Waals surface area (Å²) in [5.41, 5.74) is 0.420. The lowest BCUT2D eigenvalue weighted by Gasteiger charge is -2.09. The summed E-state index contributed by atoms with van der Waals surface area (Å²) in [4.78, 5) is 16.1. The summed E-state index contributed by atoms with van der Waals surface area (Å²) in [6.45, 7) is 5.87. The molecule has 0 atom stereocenters. The van der Waals surface area contributed by atoms with Gasteiger partial charge in [0.25, 0.3) is 12.9 Å². The van der Waals surface area contributed by atoms with Crippen LogP contribution in [0.4, 0.5) is 17.6 Å². The van der Waals surface area contributed by atoms with Crippen LogP contribution in [-0.2, 0) is 24.4 Å². The first kappa shape index (κ1) is 20.7. The Balaban J connectivity index is 1.85. The standard InChI is InChI=1S/C18H20F4N6O/c1-4-27-10(3)11(7-24-27)6-23-14(29)8-28-18-15(9(2)26-28)12(16(19)20)5-13(25-18)17(21)22/h5,7,16-17H,4,6,8H2,1-3H3,(H,23,29). The minimum atomic E-state index is -3.02. The minimum Gasteiger partial charge on any atom is -0.350 e. The number of halogens is 4. The Morgan fingerprint density at radius 1 is 1.17 bits per heavy atom. The Kier molecular flexibility index (Phi) is 5.85. The summed E-state index contributed by atoms with van der Waals surface area (Å²) in [6, 6.07) is 0.685. The van der Waals surface area contributed by atoms with Crippen molar-refractivity contribution in [1.82, 2.24) is 29.9 Å². The maximum Gasteiger partial charge on any atom is 0.280 e. The predicted molar refractivity (Wildman–Crippen MR) is 96.7 cm³/mol. The number of pyridine rings is 1. The molecule has 156 valence electrons. The molecular formula is C18H20F4N6O. The highest BCUT2D eigenvalue weighted by Crippen LogP contribution is 2.32. The SMILES string of the molecule is CCn1ncc(CNC(=O)Cn2nc(C)c3c(C(F)F)cc(C(F)F)nc32)c1C. The Hall–Kier alpha value is -2.98. The minimum absolute atomic E-state index is 0.0164. The van der Waals surface area contributed by atoms with Crippen molar-refractivity contribution < 1.29 is 22.4 Å². The Morgan fingerprint density at radius 3 is 2.48 bits per heavy atom. The van der Waals surface area contributed by atoms with Gasteiger partial charge in [0, 0.05) is 29.9 Å². The molecule has 7 nitrogen and oxygen atoms in total. The summed E-state index contributed by atoms with van der Waals surface area (Å²) in [6.07, 6.45) is -4.34. The third kappa shape index (κ3) is 4.08. The lowest BCUT2D eigenvalue weighted by molar-refractivity contribution is -0.121. The second kappa shape index (κ2) is 8.18. The van der Waals surface area contributed by atoms with Crippen LogP contribution in [0.5, 0.6) is 0 Å². The molecule has 0 unspecified atom stereocenters. The van der Waals surface area contributed by atoms with Gasteiger partial charge in [-0.15, -0.1) is 0 Å². The molecule has 3 heterocycles. The molecule has 3 aromatic rings. The van der Waals surface area contributed by atoms with E-state index in [-0.39, 0.29) is 29.8 Å². The monoisotopic (exact) mass is 412 g/mol. The zero-order chi connectivity index (χ0) is 21.3. The maximum atomic E-state index is 13.4. The molecule has 1 amide bonds. The zero-order valence-electron chi connectivity index (χ0n) is 16.1. The molecule has 0 aliphatic heterocycles. The van der Waals surface area contributed by atoms with Crippen LogP contribution in [0.15, 0.2) is 12.3 Å². The van der Waals surface area contributed by atoms with E-state index in [9.17, 15) is 22.4 Å². The summed E-state index contributed by atoms with van der Waals surface area (Å²) in [5, 5.41) is 10.9. The van der Waals surface area contributed by atoms with Crippen molar-refractivity contribution in [1.29, 1.82) is 0 Å². The van der Waals surface area contributed by atoms with Crippen molar-refractivity contribution >= 4 is 16.9 Å². The van der Waals surface area contributed by atoms with E-state index in [1.54, 1.807) is 10.9 Å². The van der Waals surface area contributed by atoms with Crippen molar-refractivity contribution in [3.63, 3.8) is 0 Å². The van der Waals surface area contributed by atoms with E-state index in [0.717, 1.165) is 15.9 Å². The topological polar surface area (TPSA) is 77.6 Å². The van der Waals surface area contributed by atoms with E-state index in [0.29, 0.717) is 12.6 Å². The molecule has 1 N–H and O–H groups in total. The molecule has 3 rings (SSSR count). The lowest BCUT2D eigenvalue weighted by Crippen LogP contribution is -2.28. The second-order valence-corrected chi connectivity index (χ2v) is 6.53. The number of hydrogen-bond donors (Lipinski definition) is 1. The van der Waals surface area contributed by atoms with Gasteiger partial charge in [-0.3, -0.25) is 9.48 Å². The van der Waals surface area contributed by atoms with Crippen molar-refractivity contribution in [2.45, 2.75) is 53.3 Å². The van der Waals surface area contributed by atoms with E-state index in [4.69, 9.17) is 0 Å². The van der Waals surface area contributed by atoms with Gasteiger partial charge in [0.2, 0.25) is 5.91 Å². The van der Waals surface area contributed by atoms with Gasteiger partial charge in [-0.05, 0) is 26.8 Å². The van der Waals surface area contributed by atoms with Crippen LogP contribution in [0.2, 0.25) is 0 Å². The fourth-order valence-corrected chi connectivity index (χ4v) is 3.16. The van der Waals surface area contributed by atoms with Gasteiger partial charge < -0.3 is 5.32 Å². The number of hydrogen-bond acceptors (Lipinski definition) is 4. The number of alkyl halides is 4. The zero-order valence-corrected chi connectivity index (χ0v) is 16.1. The number of aromatic nitrogens is 5. The molecule has 0 saturated heterocycles. The first-order valence-corrected chi connectivity index (χ1v) is 8.95. The van der Waals surface area contributed by atoms with Crippen LogP contribution >= 0.6 is 0 Å². The summed E-state index contributed by atoms with van der Waals surface area (Å²) >= 11 is 0. The van der Waals surface area contributed by atoms with Crippen LogP contribution < -0.4 is 5.32 Å². The van der Waals surface area contributed by atoms with Crippen LogP contribution in [0.25, 0.3) is 11.0 Å². The van der Waals surface area contributed by atoms with Crippen molar-refractivity contribution in [2.24, 2.45) is 0 Å². The highest BCUT2D eigenvalue weighted by molar-refractivity contribution is 5.84. The van der Waals surface area contributed by atoms with Crippen molar-refractivity contribution in [3.8, 4) is 0 Å². The number of aryl methyl sites for hydroxylation is 2. The molecule has 0 aromatic carbocycles. The van der Waals surface area contributed by atoms with Crippen LogP contribution in [0.3, 0.4) is 0 Å². The molecule has 0 aliphatic carbocycles. The van der Waals surface area contributed by atoms with Gasteiger partial charge in [-0.2, -0.15) is 10.2 Å². The van der Waals surface area contributed by atoms with Gasteiger partial charge in [-0.1, -0.05) is 0 Å². The van der Waals surface area contributed by atoms with Crippen molar-refractivity contribution in [3.05, 3.63) is 40.5 Å². The maximum absolute atomic E-state index is 13.4. The lowest BCUT2D eigenvalue weighted by atomic mass is 10.1. The number of amides is 1. The third-order valence-electron chi connectivity index (χ3n) is 4.66. The Labute approximate surface area is 163 Å². The van der Waals surface area contributed by atoms with Gasteiger partial charge in [-0.25, -0.2) is 27.2 Å². The Bertz CT molecular complexity index is 1040. The average molecular weight is 412 g/mol. The van der Waals surface area contributed by atoms with E-state index >= 15 is 0 Å². The molecular weight excluding hydrogens is 392 g/mol. The second-order valence-electron chi connectivity index (χ2n) is 6.53. The first-order chi connectivity index (χ1) is 13.7. The number of fused-ring (bicyclic) bond motifs is 1. The molecule has 0 fully saturated rings. The number of carbonyl (C=O) groups excluding carboxylic acids is 1. The predicted octanol–water partition coefficient (Wildman–Crippen LogP) is 3.46. The molecule has 29 heavy (non-hydrogen) atoms. The molecule has 0 aliphatic rings. The normalized spacial score (nSPS) is 11.8. The molecule has 0 radical (unpaired) electrons. The van der Waals surface area contributed by atoms with E-state index in [1.165, 1.54) is 6.92 Å². The van der Waals surface area contributed by atoms with Crippen LogP contribution in [0, 0.1) is 13.8 Å². The number of rotatable bonds is 7. The van der Waals surface area contributed by atoms with Crippen LogP contribution in [0.1, 0.15) is 48.0 Å². The number of nitrogens with one attached hydrogen (secondary N) is 1. The molecule has 0 bridgehead atoms. The summed E-state index contributed by atoms with van der Waals surface area (Å²) < 4.78 is 55.8. The van der Waals surface area contributed by atoms with Gasteiger partial charge in [0.1, 0.15) is 12.2 Å². The van der Waals surface area contributed by atoms with Gasteiger partial charge in [0.15, 0.2) is 5.65 Å². The Morgan fingerprint density at radius 2 is 1.90 bits per heavy atom. The van der Waals surface area contributed by atoms with Gasteiger partial charge in [0.05, 0.1) is 17.3 Å². The largest absolute Gasteiger partial charge is 0.350 e. The van der Waals surface area contributed by atoms with E-state index < -0.39 is 30.0 Å². The summed E-state index contributed by atoms with van der Waals surface area (Å²) in [7, 11) is 0. The molecule has 3 aromatic heterocycles. The first-order valence-electron chi connectivity index (χ1n) is 8.95. The smallest absolute Gasteiger partial charge is 0.280 e. The fourth-order valence-electron chi connectivity index (χ4n) is 3.16. The molecule has 0 saturated carbocycles. The fraction of sp³-hybridized carbons (Fsp3) is 0.444. The van der Waals surface area contributed by atoms with E-state index in [2.05, 4.69) is 20.5 Å². The highest BCUT2D eigenvalue weighted by Gasteiger charge is 2.24. The molecule has 11 heteroatoms. The average Bonchev–Trinajstić information content (AvgIpc) is 3.18. The third-order valence-corrected chi connectivity index (χ3v) is 4.66. The molecule has 0 spiro atoms. The highest BCUT2D eigenvalue weighted by atomic mass is 19.3. The number of carbonyl (C=O) groups is 1. The number of nitrogens with zero attached hydrogens (tertiary/aromatic N) is 5. The van der Waals surface area contributed by atoms with Crippen LogP contribution in [-0.4, -0.2) is 30.5 Å². The van der Waals surface area contributed by atoms with Crippen molar-refractivity contribution in [2.75, 3.05) is 0 Å². The quantitative estimate of drug-likeness (QED) is 0.603. The summed E-state index contributed by atoms with van der Waals surface area (Å²) in [5.74, 6) is -0.458.